The normalized spacial score (nSPS) is 11.1. The van der Waals surface area contributed by atoms with Gasteiger partial charge in [-0.05, 0) is 42.8 Å². The Kier molecular flexibility index (Phi) is 4.20. The van der Waals surface area contributed by atoms with Crippen molar-refractivity contribution < 1.29 is 27.6 Å². The molecule has 0 fully saturated rings. The maximum atomic E-state index is 12.0. The number of halogens is 3. The van der Waals surface area contributed by atoms with E-state index in [1.807, 2.05) is 0 Å². The van der Waals surface area contributed by atoms with Gasteiger partial charge in [0.1, 0.15) is 17.2 Å². The van der Waals surface area contributed by atoms with Crippen LogP contribution in [0.25, 0.3) is 0 Å². The predicted octanol–water partition coefficient (Wildman–Crippen LogP) is 4.59. The summed E-state index contributed by atoms with van der Waals surface area (Å²) in [4.78, 5) is 10.1. The van der Waals surface area contributed by atoms with E-state index in [1.165, 1.54) is 30.3 Å². The van der Waals surface area contributed by atoms with Crippen molar-refractivity contribution in [2.24, 2.45) is 0 Å². The van der Waals surface area contributed by atoms with Gasteiger partial charge in [-0.25, -0.2) is 0 Å². The molecule has 0 radical (unpaired) electrons. The zero-order chi connectivity index (χ0) is 16.3. The van der Waals surface area contributed by atoms with Crippen LogP contribution in [-0.4, -0.2) is 11.3 Å². The molecule has 0 aromatic heterocycles. The summed E-state index contributed by atoms with van der Waals surface area (Å²) in [5.41, 5.74) is 0.462. The van der Waals surface area contributed by atoms with Crippen LogP contribution in [0.2, 0.25) is 0 Å². The molecular weight excluding hydrogens is 303 g/mol. The predicted molar refractivity (Wildman–Crippen MR) is 71.0 cm³/mol. The first kappa shape index (κ1) is 15.6. The van der Waals surface area contributed by atoms with E-state index in [1.54, 1.807) is 6.92 Å². The monoisotopic (exact) mass is 313 g/mol. The largest absolute Gasteiger partial charge is 0.573 e. The average molecular weight is 313 g/mol. The maximum absolute atomic E-state index is 12.0. The van der Waals surface area contributed by atoms with Crippen LogP contribution in [0.4, 0.5) is 18.9 Å². The molecule has 2 aromatic rings. The van der Waals surface area contributed by atoms with E-state index in [-0.39, 0.29) is 17.2 Å². The molecule has 0 saturated heterocycles. The SMILES string of the molecule is Cc1cc([N+](=O)[O-])ccc1Oc1ccc(OC(F)(F)F)cc1. The van der Waals surface area contributed by atoms with E-state index in [0.717, 1.165) is 12.1 Å². The maximum Gasteiger partial charge on any atom is 0.573 e. The first-order valence-corrected chi connectivity index (χ1v) is 6.03. The number of rotatable bonds is 4. The average Bonchev–Trinajstić information content (AvgIpc) is 2.41. The molecule has 116 valence electrons. The summed E-state index contributed by atoms with van der Waals surface area (Å²) in [6.07, 6.45) is -4.75. The van der Waals surface area contributed by atoms with Gasteiger partial charge in [-0.3, -0.25) is 10.1 Å². The second kappa shape index (κ2) is 5.92. The summed E-state index contributed by atoms with van der Waals surface area (Å²) in [5, 5.41) is 10.6. The minimum absolute atomic E-state index is 0.0706. The number of alkyl halides is 3. The summed E-state index contributed by atoms with van der Waals surface area (Å²) in [7, 11) is 0. The van der Waals surface area contributed by atoms with Crippen molar-refractivity contribution in [2.75, 3.05) is 0 Å². The van der Waals surface area contributed by atoms with Crippen LogP contribution in [0.3, 0.4) is 0 Å². The third-order valence-corrected chi connectivity index (χ3v) is 2.65. The fourth-order valence-corrected chi connectivity index (χ4v) is 1.70. The minimum Gasteiger partial charge on any atom is -0.457 e. The quantitative estimate of drug-likeness (QED) is 0.611. The molecule has 8 heteroatoms. The fourth-order valence-electron chi connectivity index (χ4n) is 1.70. The molecule has 22 heavy (non-hydrogen) atoms. The molecule has 0 spiro atoms. The Morgan fingerprint density at radius 1 is 1.05 bits per heavy atom. The number of hydrogen-bond acceptors (Lipinski definition) is 4. The molecule has 0 unspecified atom stereocenters. The highest BCUT2D eigenvalue weighted by Gasteiger charge is 2.30. The summed E-state index contributed by atoms with van der Waals surface area (Å²) < 4.78 is 45.3. The lowest BCUT2D eigenvalue weighted by Crippen LogP contribution is -2.16. The number of hydrogen-bond donors (Lipinski definition) is 0. The lowest BCUT2D eigenvalue weighted by molar-refractivity contribution is -0.384. The summed E-state index contributed by atoms with van der Waals surface area (Å²) in [6, 6.07) is 8.89. The zero-order valence-electron chi connectivity index (χ0n) is 11.3. The molecule has 0 bridgehead atoms. The summed E-state index contributed by atoms with van der Waals surface area (Å²) in [6.45, 7) is 1.63. The first-order valence-electron chi connectivity index (χ1n) is 6.03. The van der Waals surface area contributed by atoms with Crippen molar-refractivity contribution >= 4 is 5.69 Å². The number of benzene rings is 2. The number of nitro groups is 1. The lowest BCUT2D eigenvalue weighted by Gasteiger charge is -2.11. The smallest absolute Gasteiger partial charge is 0.457 e. The molecule has 2 aromatic carbocycles. The number of nitro benzene ring substituents is 1. The van der Waals surface area contributed by atoms with Crippen LogP contribution < -0.4 is 9.47 Å². The third kappa shape index (κ3) is 4.11. The molecule has 0 aliphatic carbocycles. The van der Waals surface area contributed by atoms with Crippen LogP contribution in [-0.2, 0) is 0 Å². The van der Waals surface area contributed by atoms with Crippen LogP contribution in [0.15, 0.2) is 42.5 Å². The Morgan fingerprint density at radius 3 is 2.14 bits per heavy atom. The van der Waals surface area contributed by atoms with Gasteiger partial charge in [0.25, 0.3) is 5.69 Å². The van der Waals surface area contributed by atoms with Gasteiger partial charge in [-0.15, -0.1) is 13.2 Å². The Balaban J connectivity index is 2.12. The molecule has 0 atom stereocenters. The standard InChI is InChI=1S/C14H10F3NO4/c1-9-8-10(18(19)20)2-7-13(9)21-11-3-5-12(6-4-11)22-14(15,16)17/h2-8H,1H3. The molecule has 2 rings (SSSR count). The van der Waals surface area contributed by atoms with E-state index in [2.05, 4.69) is 4.74 Å². The van der Waals surface area contributed by atoms with E-state index >= 15 is 0 Å². The van der Waals surface area contributed by atoms with E-state index in [0.29, 0.717) is 11.3 Å². The highest BCUT2D eigenvalue weighted by molar-refractivity contribution is 5.45. The van der Waals surface area contributed by atoms with Gasteiger partial charge < -0.3 is 9.47 Å². The third-order valence-electron chi connectivity index (χ3n) is 2.65. The van der Waals surface area contributed by atoms with E-state index in [4.69, 9.17) is 4.74 Å². The fraction of sp³-hybridized carbons (Fsp3) is 0.143. The molecular formula is C14H10F3NO4. The molecule has 0 amide bonds. The van der Waals surface area contributed by atoms with Crippen molar-refractivity contribution in [3.8, 4) is 17.2 Å². The van der Waals surface area contributed by atoms with Gasteiger partial charge in [0, 0.05) is 12.1 Å². The van der Waals surface area contributed by atoms with Crippen LogP contribution in [0.1, 0.15) is 5.56 Å². The summed E-state index contributed by atoms with van der Waals surface area (Å²) >= 11 is 0. The van der Waals surface area contributed by atoms with Gasteiger partial charge in [-0.2, -0.15) is 0 Å². The number of ether oxygens (including phenoxy) is 2. The van der Waals surface area contributed by atoms with Gasteiger partial charge in [-0.1, -0.05) is 0 Å². The Hall–Kier alpha value is -2.77. The van der Waals surface area contributed by atoms with Crippen molar-refractivity contribution in [2.45, 2.75) is 13.3 Å². The second-order valence-electron chi connectivity index (χ2n) is 4.33. The van der Waals surface area contributed by atoms with Crippen molar-refractivity contribution in [3.63, 3.8) is 0 Å². The lowest BCUT2D eigenvalue weighted by atomic mass is 10.2. The Morgan fingerprint density at radius 2 is 1.64 bits per heavy atom. The van der Waals surface area contributed by atoms with Gasteiger partial charge in [0.15, 0.2) is 0 Å². The van der Waals surface area contributed by atoms with Gasteiger partial charge >= 0.3 is 6.36 Å². The van der Waals surface area contributed by atoms with Crippen LogP contribution >= 0.6 is 0 Å². The minimum atomic E-state index is -4.75. The number of non-ortho nitro benzene ring substituents is 1. The van der Waals surface area contributed by atoms with Crippen molar-refractivity contribution in [3.05, 3.63) is 58.1 Å². The number of aryl methyl sites for hydroxylation is 1. The topological polar surface area (TPSA) is 61.6 Å². The van der Waals surface area contributed by atoms with Crippen LogP contribution in [0, 0.1) is 17.0 Å². The Bertz CT molecular complexity index is 683. The highest BCUT2D eigenvalue weighted by Crippen LogP contribution is 2.30. The molecule has 5 nitrogen and oxygen atoms in total. The summed E-state index contributed by atoms with van der Waals surface area (Å²) in [5.74, 6) is 0.293. The molecule has 0 N–H and O–H groups in total. The van der Waals surface area contributed by atoms with Gasteiger partial charge in [0.05, 0.1) is 4.92 Å². The number of nitrogens with zero attached hydrogens (tertiary/aromatic N) is 1. The Labute approximate surface area is 123 Å². The van der Waals surface area contributed by atoms with Crippen molar-refractivity contribution in [1.29, 1.82) is 0 Å². The van der Waals surface area contributed by atoms with Gasteiger partial charge in [0.2, 0.25) is 0 Å². The zero-order valence-corrected chi connectivity index (χ0v) is 11.3. The molecule has 0 saturated carbocycles. The van der Waals surface area contributed by atoms with E-state index in [9.17, 15) is 23.3 Å². The van der Waals surface area contributed by atoms with Crippen LogP contribution in [0.5, 0.6) is 17.2 Å². The van der Waals surface area contributed by atoms with Crippen molar-refractivity contribution in [1.82, 2.24) is 0 Å². The molecule has 0 heterocycles. The molecule has 0 aliphatic rings. The first-order chi connectivity index (χ1) is 10.2. The highest BCUT2D eigenvalue weighted by atomic mass is 19.4. The second-order valence-corrected chi connectivity index (χ2v) is 4.33. The molecule has 0 aliphatic heterocycles. The van der Waals surface area contributed by atoms with E-state index < -0.39 is 11.3 Å².